The Hall–Kier alpha value is -1.82. The van der Waals surface area contributed by atoms with Crippen molar-refractivity contribution in [2.75, 3.05) is 19.6 Å². The van der Waals surface area contributed by atoms with E-state index in [2.05, 4.69) is 9.89 Å². The van der Waals surface area contributed by atoms with E-state index < -0.39 is 0 Å². The number of carbonyl (C=O) groups is 1. The lowest BCUT2D eigenvalue weighted by molar-refractivity contribution is -0.133. The van der Waals surface area contributed by atoms with Crippen LogP contribution in [0, 0.1) is 5.82 Å². The van der Waals surface area contributed by atoms with Gasteiger partial charge >= 0.3 is 0 Å². The van der Waals surface area contributed by atoms with Crippen molar-refractivity contribution in [3.8, 4) is 0 Å². The number of thioether (sulfide) groups is 1. The molecule has 0 unspecified atom stereocenters. The molecule has 1 amide bonds. The fourth-order valence-electron chi connectivity index (χ4n) is 3.66. The second-order valence-corrected chi connectivity index (χ2v) is 7.27. The quantitative estimate of drug-likeness (QED) is 0.825. The Morgan fingerprint density at radius 2 is 2.29 bits per heavy atom. The average Bonchev–Trinajstić information content (AvgIpc) is 2.99. The highest BCUT2D eigenvalue weighted by Gasteiger charge is 2.31. The molecule has 0 saturated heterocycles. The molecule has 3 aliphatic rings. The second kappa shape index (κ2) is 6.24. The molecule has 6 heteroatoms. The molecular formula is C18H20FN3OS. The minimum Gasteiger partial charge on any atom is -0.335 e. The van der Waals surface area contributed by atoms with Crippen molar-refractivity contribution in [3.63, 3.8) is 0 Å². The van der Waals surface area contributed by atoms with Crippen molar-refractivity contribution in [1.29, 1.82) is 0 Å². The lowest BCUT2D eigenvalue weighted by Gasteiger charge is -2.36. The first-order valence-corrected chi connectivity index (χ1v) is 9.27. The van der Waals surface area contributed by atoms with Gasteiger partial charge in [-0.2, -0.15) is 0 Å². The molecule has 0 fully saturated rings. The highest BCUT2D eigenvalue weighted by Crippen LogP contribution is 2.34. The smallest absolute Gasteiger partial charge is 0.229 e. The molecule has 3 heterocycles. The van der Waals surface area contributed by atoms with E-state index in [1.165, 1.54) is 6.07 Å². The van der Waals surface area contributed by atoms with Crippen molar-refractivity contribution in [3.05, 3.63) is 46.2 Å². The topological polar surface area (TPSA) is 35.9 Å². The summed E-state index contributed by atoms with van der Waals surface area (Å²) in [6.07, 6.45) is 2.21. The molecule has 0 aliphatic carbocycles. The van der Waals surface area contributed by atoms with Gasteiger partial charge < -0.3 is 9.80 Å². The van der Waals surface area contributed by atoms with Crippen LogP contribution in [0.25, 0.3) is 0 Å². The summed E-state index contributed by atoms with van der Waals surface area (Å²) in [5.41, 5.74) is 3.12. The number of amidine groups is 1. The minimum absolute atomic E-state index is 0.0823. The van der Waals surface area contributed by atoms with Gasteiger partial charge in [-0.1, -0.05) is 17.8 Å². The molecule has 3 aliphatic heterocycles. The highest BCUT2D eigenvalue weighted by molar-refractivity contribution is 8.16. The second-order valence-electron chi connectivity index (χ2n) is 6.43. The fraction of sp³-hybridized carbons (Fsp3) is 0.444. The van der Waals surface area contributed by atoms with Crippen LogP contribution in [0.15, 0.2) is 34.3 Å². The predicted octanol–water partition coefficient (Wildman–Crippen LogP) is 3.31. The first-order chi connectivity index (χ1) is 11.6. The summed E-state index contributed by atoms with van der Waals surface area (Å²) < 4.78 is 13.6. The molecule has 0 radical (unpaired) electrons. The van der Waals surface area contributed by atoms with Crippen molar-refractivity contribution in [2.24, 2.45) is 4.99 Å². The molecule has 0 spiro atoms. The number of benzene rings is 1. The largest absolute Gasteiger partial charge is 0.335 e. The third kappa shape index (κ3) is 2.73. The van der Waals surface area contributed by atoms with Crippen LogP contribution in [0.4, 0.5) is 4.39 Å². The Labute approximate surface area is 145 Å². The predicted molar refractivity (Wildman–Crippen MR) is 94.1 cm³/mol. The zero-order valence-electron chi connectivity index (χ0n) is 13.7. The Morgan fingerprint density at radius 1 is 1.42 bits per heavy atom. The first kappa shape index (κ1) is 15.7. The van der Waals surface area contributed by atoms with Gasteiger partial charge in [0, 0.05) is 25.3 Å². The molecule has 1 aromatic rings. The van der Waals surface area contributed by atoms with Crippen LogP contribution in [0.1, 0.15) is 36.9 Å². The van der Waals surface area contributed by atoms with E-state index in [9.17, 15) is 9.18 Å². The number of rotatable bonds is 2. The van der Waals surface area contributed by atoms with Gasteiger partial charge in [0.2, 0.25) is 5.91 Å². The van der Waals surface area contributed by atoms with Gasteiger partial charge in [0.15, 0.2) is 5.17 Å². The lowest BCUT2D eigenvalue weighted by atomic mass is 9.93. The number of halogens is 1. The van der Waals surface area contributed by atoms with Gasteiger partial charge in [0.25, 0.3) is 0 Å². The summed E-state index contributed by atoms with van der Waals surface area (Å²) in [5, 5.41) is 3.06. The van der Waals surface area contributed by atoms with Gasteiger partial charge in [-0.3, -0.25) is 9.79 Å². The number of amides is 1. The lowest BCUT2D eigenvalue weighted by Crippen LogP contribution is -2.40. The molecule has 1 aromatic carbocycles. The zero-order chi connectivity index (χ0) is 16.7. The fourth-order valence-corrected chi connectivity index (χ4v) is 4.61. The number of nitrogens with zero attached hydrogens (tertiary/aromatic N) is 3. The number of aliphatic imine (C=N–C) groups is 1. The van der Waals surface area contributed by atoms with E-state index in [1.807, 2.05) is 23.3 Å². The standard InChI is InChI=1S/C18H20FN3OS/c1-12-16-9-14(19)4-3-13(16)5-8-21(12)17(23)10-15-11-24-18-20-6-2-7-22(15)18/h3-4,9,11-12H,2,5-8,10H2,1H3/t12-/m0/s1. The molecule has 1 atom stereocenters. The van der Waals surface area contributed by atoms with Crippen LogP contribution >= 0.6 is 11.8 Å². The average molecular weight is 345 g/mol. The Bertz CT molecular complexity index is 746. The normalized spacial score (nSPS) is 22.7. The number of fused-ring (bicyclic) bond motifs is 2. The van der Waals surface area contributed by atoms with E-state index >= 15 is 0 Å². The zero-order valence-corrected chi connectivity index (χ0v) is 14.5. The van der Waals surface area contributed by atoms with Crippen molar-refractivity contribution in [1.82, 2.24) is 9.80 Å². The third-order valence-electron chi connectivity index (χ3n) is 4.97. The van der Waals surface area contributed by atoms with Crippen LogP contribution in [-0.2, 0) is 11.2 Å². The van der Waals surface area contributed by atoms with Crippen LogP contribution in [-0.4, -0.2) is 40.5 Å². The maximum Gasteiger partial charge on any atom is 0.229 e. The Balaban J connectivity index is 1.49. The summed E-state index contributed by atoms with van der Waals surface area (Å²) in [4.78, 5) is 21.4. The van der Waals surface area contributed by atoms with Gasteiger partial charge in [0.05, 0.1) is 12.5 Å². The van der Waals surface area contributed by atoms with Crippen LogP contribution in [0.2, 0.25) is 0 Å². The SMILES string of the molecule is C[C@H]1c2cc(F)ccc2CCN1C(=O)CC1=CSC2=NCCCN12. The van der Waals surface area contributed by atoms with E-state index in [4.69, 9.17) is 0 Å². The molecule has 4 rings (SSSR count). The van der Waals surface area contributed by atoms with Gasteiger partial charge in [-0.25, -0.2) is 4.39 Å². The monoisotopic (exact) mass is 345 g/mol. The minimum atomic E-state index is -0.237. The summed E-state index contributed by atoms with van der Waals surface area (Å²) in [5.74, 6) is -0.130. The Morgan fingerprint density at radius 3 is 3.17 bits per heavy atom. The highest BCUT2D eigenvalue weighted by atomic mass is 32.2. The maximum absolute atomic E-state index is 13.6. The molecule has 0 saturated carbocycles. The van der Waals surface area contributed by atoms with E-state index in [-0.39, 0.29) is 17.8 Å². The molecule has 24 heavy (non-hydrogen) atoms. The number of hydrogen-bond donors (Lipinski definition) is 0. The van der Waals surface area contributed by atoms with Gasteiger partial charge in [-0.15, -0.1) is 0 Å². The molecular weight excluding hydrogens is 325 g/mol. The molecule has 0 N–H and O–H groups in total. The van der Waals surface area contributed by atoms with E-state index in [1.54, 1.807) is 17.8 Å². The molecule has 0 bridgehead atoms. The third-order valence-corrected chi connectivity index (χ3v) is 5.92. The summed E-state index contributed by atoms with van der Waals surface area (Å²) >= 11 is 1.61. The van der Waals surface area contributed by atoms with Crippen molar-refractivity contribution < 1.29 is 9.18 Å². The van der Waals surface area contributed by atoms with Gasteiger partial charge in [-0.05, 0) is 48.4 Å². The van der Waals surface area contributed by atoms with Gasteiger partial charge in [0.1, 0.15) is 5.82 Å². The molecule has 4 nitrogen and oxygen atoms in total. The maximum atomic E-state index is 13.6. The van der Waals surface area contributed by atoms with Crippen molar-refractivity contribution in [2.45, 2.75) is 32.2 Å². The van der Waals surface area contributed by atoms with E-state index in [0.717, 1.165) is 47.9 Å². The van der Waals surface area contributed by atoms with Crippen LogP contribution in [0.3, 0.4) is 0 Å². The Kier molecular flexibility index (Phi) is 4.08. The van der Waals surface area contributed by atoms with Crippen LogP contribution in [0.5, 0.6) is 0 Å². The van der Waals surface area contributed by atoms with Crippen LogP contribution < -0.4 is 0 Å². The van der Waals surface area contributed by atoms with E-state index in [0.29, 0.717) is 13.0 Å². The molecule has 126 valence electrons. The number of hydrogen-bond acceptors (Lipinski definition) is 4. The van der Waals surface area contributed by atoms with Crippen molar-refractivity contribution >= 4 is 22.8 Å². The summed E-state index contributed by atoms with van der Waals surface area (Å²) in [6.45, 7) is 4.49. The first-order valence-electron chi connectivity index (χ1n) is 8.39. The molecule has 0 aromatic heterocycles. The number of carbonyl (C=O) groups excluding carboxylic acids is 1. The summed E-state index contributed by atoms with van der Waals surface area (Å²) in [7, 11) is 0. The summed E-state index contributed by atoms with van der Waals surface area (Å²) in [6, 6.07) is 4.83.